The van der Waals surface area contributed by atoms with Crippen LogP contribution < -0.4 is 5.32 Å². The Kier molecular flexibility index (Phi) is 3.99. The Morgan fingerprint density at radius 3 is 2.94 bits per heavy atom. The van der Waals surface area contributed by atoms with E-state index in [-0.39, 0.29) is 5.91 Å². The molecule has 0 saturated heterocycles. The maximum Gasteiger partial charge on any atom is 0.264 e. The molecule has 1 aromatic carbocycles. The van der Waals surface area contributed by atoms with Crippen LogP contribution in [0.5, 0.6) is 0 Å². The van der Waals surface area contributed by atoms with Gasteiger partial charge in [0.1, 0.15) is 0 Å². The summed E-state index contributed by atoms with van der Waals surface area (Å²) in [5, 5.41) is 7.28. The van der Waals surface area contributed by atoms with Gasteiger partial charge in [0, 0.05) is 18.0 Å². The lowest BCUT2D eigenvalue weighted by molar-refractivity contribution is -0.130. The van der Waals surface area contributed by atoms with Gasteiger partial charge in [-0.3, -0.25) is 4.79 Å². The lowest BCUT2D eigenvalue weighted by Gasteiger charge is -2.07. The summed E-state index contributed by atoms with van der Waals surface area (Å²) in [5.74, 6) is -0.178. The number of carbonyl (C=O) groups excluding carboxylic acids is 1. The Bertz CT molecular complexity index is 482. The van der Waals surface area contributed by atoms with Gasteiger partial charge in [-0.2, -0.15) is 0 Å². The van der Waals surface area contributed by atoms with Crippen LogP contribution in [-0.4, -0.2) is 24.3 Å². The molecule has 0 bridgehead atoms. The van der Waals surface area contributed by atoms with Crippen LogP contribution in [0.25, 0.3) is 0 Å². The molecule has 0 aromatic heterocycles. The summed E-state index contributed by atoms with van der Waals surface area (Å²) in [5.41, 5.74) is 1.67. The summed E-state index contributed by atoms with van der Waals surface area (Å²) < 4.78 is 0. The van der Waals surface area contributed by atoms with Crippen LogP contribution in [0.1, 0.15) is 12.0 Å². The van der Waals surface area contributed by atoms with Crippen LogP contribution in [0.4, 0.5) is 0 Å². The molecule has 0 radical (unpaired) electrons. The second-order valence-corrected chi connectivity index (χ2v) is 4.31. The van der Waals surface area contributed by atoms with E-state index in [1.54, 1.807) is 18.2 Å². The highest BCUT2D eigenvalue weighted by molar-refractivity contribution is 6.30. The molecule has 0 unspecified atom stereocenters. The van der Waals surface area contributed by atoms with E-state index in [2.05, 4.69) is 17.1 Å². The van der Waals surface area contributed by atoms with Crippen molar-refractivity contribution in [2.45, 2.75) is 12.5 Å². The largest absolute Gasteiger partial charge is 0.382 e. The molecule has 1 amide bonds. The number of rotatable bonds is 4. The molecule has 1 atom stereocenters. The molecule has 0 aliphatic carbocycles. The SMILES string of the molecule is C=CCNC(=O)[C@@H]1CC(c2ccc(Cl)cc2)=NO1. The standard InChI is InChI=1S/C13H13ClN2O2/c1-2-7-15-13(17)12-8-11(16-18-12)9-3-5-10(14)6-4-9/h2-6,12H,1,7-8H2,(H,15,17)/t12-/m0/s1. The Hall–Kier alpha value is -1.81. The average Bonchev–Trinajstić information content (AvgIpc) is 2.86. The van der Waals surface area contributed by atoms with Crippen LogP contribution >= 0.6 is 11.6 Å². The first-order chi connectivity index (χ1) is 8.70. The molecular formula is C13H13ClN2O2. The fourth-order valence-electron chi connectivity index (χ4n) is 1.62. The van der Waals surface area contributed by atoms with Gasteiger partial charge in [0.05, 0.1) is 5.71 Å². The van der Waals surface area contributed by atoms with Gasteiger partial charge >= 0.3 is 0 Å². The van der Waals surface area contributed by atoms with Crippen molar-refractivity contribution in [1.82, 2.24) is 5.32 Å². The normalized spacial score (nSPS) is 17.8. The summed E-state index contributed by atoms with van der Waals surface area (Å²) in [7, 11) is 0. The van der Waals surface area contributed by atoms with Crippen molar-refractivity contribution in [1.29, 1.82) is 0 Å². The predicted molar refractivity (Wildman–Crippen MR) is 70.7 cm³/mol. The Morgan fingerprint density at radius 2 is 2.28 bits per heavy atom. The van der Waals surface area contributed by atoms with E-state index in [4.69, 9.17) is 16.4 Å². The van der Waals surface area contributed by atoms with Gasteiger partial charge in [-0.25, -0.2) is 0 Å². The molecule has 1 aromatic rings. The molecule has 5 heteroatoms. The average molecular weight is 265 g/mol. The van der Waals surface area contributed by atoms with Crippen LogP contribution in [-0.2, 0) is 9.63 Å². The highest BCUT2D eigenvalue weighted by atomic mass is 35.5. The van der Waals surface area contributed by atoms with Crippen LogP contribution in [0.15, 0.2) is 42.1 Å². The topological polar surface area (TPSA) is 50.7 Å². The Morgan fingerprint density at radius 1 is 1.56 bits per heavy atom. The van der Waals surface area contributed by atoms with Crippen molar-refractivity contribution in [3.05, 3.63) is 47.5 Å². The minimum Gasteiger partial charge on any atom is -0.382 e. The van der Waals surface area contributed by atoms with Gasteiger partial charge in [-0.05, 0) is 17.7 Å². The summed E-state index contributed by atoms with van der Waals surface area (Å²) in [6.07, 6.45) is 1.52. The third-order valence-corrected chi connectivity index (χ3v) is 2.81. The first-order valence-corrected chi connectivity index (χ1v) is 5.95. The van der Waals surface area contributed by atoms with E-state index in [1.807, 2.05) is 12.1 Å². The van der Waals surface area contributed by atoms with Crippen molar-refractivity contribution in [3.63, 3.8) is 0 Å². The fourth-order valence-corrected chi connectivity index (χ4v) is 1.74. The van der Waals surface area contributed by atoms with Gasteiger partial charge in [0.2, 0.25) is 6.10 Å². The molecule has 1 aliphatic rings. The Balaban J connectivity index is 1.97. The highest BCUT2D eigenvalue weighted by Crippen LogP contribution is 2.18. The van der Waals surface area contributed by atoms with Gasteiger partial charge < -0.3 is 10.2 Å². The van der Waals surface area contributed by atoms with Crippen molar-refractivity contribution in [2.75, 3.05) is 6.54 Å². The zero-order chi connectivity index (χ0) is 13.0. The number of hydrogen-bond acceptors (Lipinski definition) is 3. The van der Waals surface area contributed by atoms with Gasteiger partial charge in [0.15, 0.2) is 0 Å². The van der Waals surface area contributed by atoms with Crippen LogP contribution in [0, 0.1) is 0 Å². The van der Waals surface area contributed by atoms with E-state index in [1.165, 1.54) is 0 Å². The minimum absolute atomic E-state index is 0.178. The second kappa shape index (κ2) is 5.69. The van der Waals surface area contributed by atoms with Gasteiger partial charge in [-0.15, -0.1) is 6.58 Å². The molecule has 18 heavy (non-hydrogen) atoms. The molecule has 2 rings (SSSR count). The maximum atomic E-state index is 11.7. The number of nitrogens with one attached hydrogen (secondary N) is 1. The number of hydrogen-bond donors (Lipinski definition) is 1. The number of halogens is 1. The second-order valence-electron chi connectivity index (χ2n) is 3.88. The van der Waals surface area contributed by atoms with Crippen LogP contribution in [0.2, 0.25) is 5.02 Å². The number of nitrogens with zero attached hydrogens (tertiary/aromatic N) is 1. The summed E-state index contributed by atoms with van der Waals surface area (Å²) in [6, 6.07) is 7.28. The third-order valence-electron chi connectivity index (χ3n) is 2.56. The molecule has 0 saturated carbocycles. The molecule has 0 fully saturated rings. The summed E-state index contributed by atoms with van der Waals surface area (Å²) >= 11 is 5.81. The Labute approximate surface area is 110 Å². The number of oxime groups is 1. The molecule has 0 spiro atoms. The first-order valence-electron chi connectivity index (χ1n) is 5.58. The van der Waals surface area contributed by atoms with E-state index < -0.39 is 6.10 Å². The fraction of sp³-hybridized carbons (Fsp3) is 0.231. The molecule has 94 valence electrons. The third kappa shape index (κ3) is 2.90. The van der Waals surface area contributed by atoms with Gasteiger partial charge in [0.25, 0.3) is 5.91 Å². The minimum atomic E-state index is -0.560. The van der Waals surface area contributed by atoms with E-state index >= 15 is 0 Å². The van der Waals surface area contributed by atoms with Crippen LogP contribution in [0.3, 0.4) is 0 Å². The van der Waals surface area contributed by atoms with Gasteiger partial charge in [-0.1, -0.05) is 35.0 Å². The monoisotopic (exact) mass is 264 g/mol. The lowest BCUT2D eigenvalue weighted by atomic mass is 10.0. The molecule has 1 N–H and O–H groups in total. The van der Waals surface area contributed by atoms with E-state index in [0.717, 1.165) is 11.3 Å². The van der Waals surface area contributed by atoms with Crippen molar-refractivity contribution < 1.29 is 9.63 Å². The first kappa shape index (κ1) is 12.6. The molecule has 1 heterocycles. The number of carbonyl (C=O) groups is 1. The van der Waals surface area contributed by atoms with E-state index in [9.17, 15) is 4.79 Å². The number of benzene rings is 1. The molecular weight excluding hydrogens is 252 g/mol. The smallest absolute Gasteiger partial charge is 0.264 e. The molecule has 4 nitrogen and oxygen atoms in total. The zero-order valence-electron chi connectivity index (χ0n) is 9.73. The quantitative estimate of drug-likeness (QED) is 0.847. The summed E-state index contributed by atoms with van der Waals surface area (Å²) in [4.78, 5) is 16.8. The van der Waals surface area contributed by atoms with Crippen molar-refractivity contribution >= 4 is 23.2 Å². The maximum absolute atomic E-state index is 11.7. The highest BCUT2D eigenvalue weighted by Gasteiger charge is 2.28. The predicted octanol–water partition coefficient (Wildman–Crippen LogP) is 2.14. The van der Waals surface area contributed by atoms with E-state index in [0.29, 0.717) is 18.0 Å². The summed E-state index contributed by atoms with van der Waals surface area (Å²) in [6.45, 7) is 3.96. The number of amides is 1. The van der Waals surface area contributed by atoms with Crippen molar-refractivity contribution in [3.8, 4) is 0 Å². The van der Waals surface area contributed by atoms with Crippen molar-refractivity contribution in [2.24, 2.45) is 5.16 Å². The molecule has 1 aliphatic heterocycles. The lowest BCUT2D eigenvalue weighted by Crippen LogP contribution is -2.34. The zero-order valence-corrected chi connectivity index (χ0v) is 10.5.